The summed E-state index contributed by atoms with van der Waals surface area (Å²) in [5.74, 6) is -0.758. The highest BCUT2D eigenvalue weighted by atomic mass is 19.1. The van der Waals surface area contributed by atoms with Gasteiger partial charge in [0.1, 0.15) is 17.4 Å². The van der Waals surface area contributed by atoms with E-state index in [1.807, 2.05) is 0 Å². The van der Waals surface area contributed by atoms with Crippen LogP contribution < -0.4 is 4.90 Å². The fourth-order valence-electron chi connectivity index (χ4n) is 2.55. The van der Waals surface area contributed by atoms with Gasteiger partial charge in [-0.2, -0.15) is 4.98 Å². The van der Waals surface area contributed by atoms with Gasteiger partial charge in [0.2, 0.25) is 0 Å². The number of rotatable bonds is 3. The molecule has 6 nitrogen and oxygen atoms in total. The Morgan fingerprint density at radius 1 is 1.48 bits per heavy atom. The maximum atomic E-state index is 13.2. The summed E-state index contributed by atoms with van der Waals surface area (Å²) in [4.78, 5) is 17.8. The zero-order valence-electron chi connectivity index (χ0n) is 11.7. The predicted molar refractivity (Wildman–Crippen MR) is 72.5 cm³/mol. The van der Waals surface area contributed by atoms with E-state index in [9.17, 15) is 9.18 Å². The monoisotopic (exact) mass is 294 g/mol. The lowest BCUT2D eigenvalue weighted by Gasteiger charge is -2.19. The van der Waals surface area contributed by atoms with Crippen molar-refractivity contribution in [2.24, 2.45) is 0 Å². The summed E-state index contributed by atoms with van der Waals surface area (Å²) in [5, 5.41) is 0. The Morgan fingerprint density at radius 3 is 3.00 bits per heavy atom. The Balaban J connectivity index is 1.96. The summed E-state index contributed by atoms with van der Waals surface area (Å²) in [5.41, 5.74) is 0.880. The third-order valence-corrected chi connectivity index (χ3v) is 3.65. The van der Waals surface area contributed by atoms with E-state index in [0.717, 1.165) is 0 Å². The minimum absolute atomic E-state index is 0.110. The molecule has 0 amide bonds. The summed E-state index contributed by atoms with van der Waals surface area (Å²) >= 11 is 0. The standard InChI is InChI=1S/C14H15FN2O4/c1-19-9-6-11(13(18)20-2)17(7-9)14-16-10-5-8(15)3-4-12(10)21-14/h3-5,9,11H,6-7H2,1-2H3/t9-,11-/m0/s1. The Kier molecular flexibility index (Phi) is 3.50. The Labute approximate surface area is 120 Å². The van der Waals surface area contributed by atoms with Gasteiger partial charge in [0.05, 0.1) is 13.2 Å². The van der Waals surface area contributed by atoms with Crippen molar-refractivity contribution in [3.8, 4) is 0 Å². The molecule has 1 aromatic carbocycles. The Morgan fingerprint density at radius 2 is 2.29 bits per heavy atom. The second-order valence-corrected chi connectivity index (χ2v) is 4.89. The number of hydrogen-bond acceptors (Lipinski definition) is 6. The van der Waals surface area contributed by atoms with Gasteiger partial charge >= 0.3 is 5.97 Å². The Bertz CT molecular complexity index is 672. The summed E-state index contributed by atoms with van der Waals surface area (Å²) in [7, 11) is 2.92. The van der Waals surface area contributed by atoms with E-state index in [1.54, 1.807) is 12.0 Å². The van der Waals surface area contributed by atoms with Crippen LogP contribution in [0.15, 0.2) is 22.6 Å². The molecule has 1 aromatic heterocycles. The van der Waals surface area contributed by atoms with Gasteiger partial charge in [0.15, 0.2) is 5.58 Å². The van der Waals surface area contributed by atoms with Crippen LogP contribution in [0.3, 0.4) is 0 Å². The number of aromatic nitrogens is 1. The van der Waals surface area contributed by atoms with Gasteiger partial charge in [-0.15, -0.1) is 0 Å². The quantitative estimate of drug-likeness (QED) is 0.803. The smallest absolute Gasteiger partial charge is 0.328 e. The van der Waals surface area contributed by atoms with Crippen LogP contribution in [0, 0.1) is 5.82 Å². The van der Waals surface area contributed by atoms with Crippen LogP contribution >= 0.6 is 0 Å². The fraction of sp³-hybridized carbons (Fsp3) is 0.429. The lowest BCUT2D eigenvalue weighted by atomic mass is 10.2. The van der Waals surface area contributed by atoms with Crippen LogP contribution in [0.1, 0.15) is 6.42 Å². The maximum Gasteiger partial charge on any atom is 0.328 e. The number of benzene rings is 1. The first-order valence-electron chi connectivity index (χ1n) is 6.55. The Hall–Kier alpha value is -2.15. The van der Waals surface area contributed by atoms with Gasteiger partial charge in [-0.1, -0.05) is 0 Å². The van der Waals surface area contributed by atoms with E-state index in [4.69, 9.17) is 13.9 Å². The summed E-state index contributed by atoms with van der Waals surface area (Å²) < 4.78 is 28.9. The molecular formula is C14H15FN2O4. The number of anilines is 1. The first-order valence-corrected chi connectivity index (χ1v) is 6.55. The molecule has 2 atom stereocenters. The lowest BCUT2D eigenvalue weighted by Crippen LogP contribution is -2.37. The fourth-order valence-corrected chi connectivity index (χ4v) is 2.55. The number of oxazole rings is 1. The predicted octanol–water partition coefficient (Wildman–Crippen LogP) is 1.73. The van der Waals surface area contributed by atoms with Gasteiger partial charge in [0, 0.05) is 26.1 Å². The van der Waals surface area contributed by atoms with Gasteiger partial charge < -0.3 is 18.8 Å². The van der Waals surface area contributed by atoms with E-state index < -0.39 is 6.04 Å². The number of hydrogen-bond donors (Lipinski definition) is 0. The van der Waals surface area contributed by atoms with E-state index >= 15 is 0 Å². The van der Waals surface area contributed by atoms with Gasteiger partial charge in [-0.05, 0) is 12.1 Å². The molecule has 21 heavy (non-hydrogen) atoms. The number of carbonyl (C=O) groups is 1. The number of esters is 1. The molecular weight excluding hydrogens is 279 g/mol. The number of fused-ring (bicyclic) bond motifs is 1. The van der Waals surface area contributed by atoms with Crippen molar-refractivity contribution in [2.45, 2.75) is 18.6 Å². The number of methoxy groups -OCH3 is 2. The zero-order chi connectivity index (χ0) is 15.0. The maximum absolute atomic E-state index is 13.2. The first-order chi connectivity index (χ1) is 10.1. The highest BCUT2D eigenvalue weighted by Gasteiger charge is 2.40. The van der Waals surface area contributed by atoms with E-state index in [1.165, 1.54) is 25.3 Å². The van der Waals surface area contributed by atoms with Crippen LogP contribution in [0.25, 0.3) is 11.1 Å². The van der Waals surface area contributed by atoms with Crippen LogP contribution in [0.4, 0.5) is 10.4 Å². The highest BCUT2D eigenvalue weighted by Crippen LogP contribution is 2.30. The van der Waals surface area contributed by atoms with Crippen molar-refractivity contribution in [2.75, 3.05) is 25.7 Å². The summed E-state index contributed by atoms with van der Waals surface area (Å²) in [6.07, 6.45) is 0.386. The van der Waals surface area contributed by atoms with Gasteiger partial charge in [-0.3, -0.25) is 0 Å². The molecule has 0 radical (unpaired) electrons. The second-order valence-electron chi connectivity index (χ2n) is 4.89. The molecule has 0 saturated carbocycles. The molecule has 2 heterocycles. The molecule has 1 aliphatic rings. The van der Waals surface area contributed by atoms with Gasteiger partial charge in [-0.25, -0.2) is 9.18 Å². The minimum atomic E-state index is -0.516. The molecule has 2 aromatic rings. The van der Waals surface area contributed by atoms with Crippen molar-refractivity contribution in [1.29, 1.82) is 0 Å². The highest BCUT2D eigenvalue weighted by molar-refractivity contribution is 5.81. The van der Waals surface area contributed by atoms with Crippen molar-refractivity contribution in [3.05, 3.63) is 24.0 Å². The molecule has 1 saturated heterocycles. The number of carbonyl (C=O) groups excluding carboxylic acids is 1. The van der Waals surface area contributed by atoms with E-state index in [0.29, 0.717) is 24.1 Å². The molecule has 0 unspecified atom stereocenters. The average molecular weight is 294 g/mol. The van der Waals surface area contributed by atoms with Crippen molar-refractivity contribution < 1.29 is 23.1 Å². The number of ether oxygens (including phenoxy) is 2. The van der Waals surface area contributed by atoms with Crippen molar-refractivity contribution in [1.82, 2.24) is 4.98 Å². The second kappa shape index (κ2) is 5.33. The largest absolute Gasteiger partial charge is 0.467 e. The van der Waals surface area contributed by atoms with E-state index in [2.05, 4.69) is 4.98 Å². The molecule has 7 heteroatoms. The van der Waals surface area contributed by atoms with Crippen LogP contribution in [-0.4, -0.2) is 43.9 Å². The molecule has 1 fully saturated rings. The molecule has 3 rings (SSSR count). The normalized spacial score (nSPS) is 22.0. The molecule has 112 valence electrons. The topological polar surface area (TPSA) is 64.8 Å². The van der Waals surface area contributed by atoms with Crippen LogP contribution in [-0.2, 0) is 14.3 Å². The molecule has 0 N–H and O–H groups in total. The molecule has 0 aliphatic carbocycles. The minimum Gasteiger partial charge on any atom is -0.467 e. The summed E-state index contributed by atoms with van der Waals surface area (Å²) in [6, 6.07) is 3.86. The van der Waals surface area contributed by atoms with Gasteiger partial charge in [0.25, 0.3) is 6.01 Å². The third-order valence-electron chi connectivity index (χ3n) is 3.65. The lowest BCUT2D eigenvalue weighted by molar-refractivity contribution is -0.142. The SMILES string of the molecule is COC(=O)[C@@H]1C[C@H](OC)CN1c1nc2cc(F)ccc2o1. The molecule has 0 spiro atoms. The van der Waals surface area contributed by atoms with Crippen LogP contribution in [0.5, 0.6) is 0 Å². The number of nitrogens with zero attached hydrogens (tertiary/aromatic N) is 2. The number of halogens is 1. The van der Waals surface area contributed by atoms with E-state index in [-0.39, 0.29) is 23.9 Å². The average Bonchev–Trinajstić information content (AvgIpc) is 3.09. The van der Waals surface area contributed by atoms with Crippen molar-refractivity contribution in [3.63, 3.8) is 0 Å². The van der Waals surface area contributed by atoms with Crippen LogP contribution in [0.2, 0.25) is 0 Å². The third kappa shape index (κ3) is 2.44. The summed E-state index contributed by atoms with van der Waals surface area (Å²) in [6.45, 7) is 0.464. The zero-order valence-corrected chi connectivity index (χ0v) is 11.7. The molecule has 0 bridgehead atoms. The molecule has 1 aliphatic heterocycles. The van der Waals surface area contributed by atoms with Crippen molar-refractivity contribution >= 4 is 23.1 Å². The first kappa shape index (κ1) is 13.8.